The number of nitrogens with two attached hydrogens (primary N) is 1. The zero-order valence-electron chi connectivity index (χ0n) is 11.7. The smallest absolute Gasteiger partial charge is 0.222 e. The van der Waals surface area contributed by atoms with Crippen LogP contribution in [-0.2, 0) is 4.79 Å². The first kappa shape index (κ1) is 15.4. The molecule has 2 atom stereocenters. The van der Waals surface area contributed by atoms with Crippen LogP contribution in [0.15, 0.2) is 0 Å². The summed E-state index contributed by atoms with van der Waals surface area (Å²) in [4.78, 5) is 14.8. The summed E-state index contributed by atoms with van der Waals surface area (Å²) in [6.45, 7) is 5.01. The van der Waals surface area contributed by atoms with Crippen LogP contribution in [0.2, 0.25) is 0 Å². The Hall–Kier alpha value is -0.640. The second-order valence-corrected chi connectivity index (χ2v) is 5.91. The summed E-state index contributed by atoms with van der Waals surface area (Å²) in [5.41, 5.74) is 5.57. The van der Waals surface area contributed by atoms with Crippen molar-refractivity contribution in [3.63, 3.8) is 0 Å². The normalized spacial score (nSPS) is 23.7. The van der Waals surface area contributed by atoms with E-state index in [0.717, 1.165) is 12.8 Å². The largest absolute Gasteiger partial charge is 0.393 e. The van der Waals surface area contributed by atoms with Crippen molar-refractivity contribution in [1.82, 2.24) is 4.90 Å². The van der Waals surface area contributed by atoms with Crippen LogP contribution in [0.3, 0.4) is 0 Å². The number of carbonyl (C=O) groups is 1. The number of amides is 1. The second kappa shape index (κ2) is 7.72. The summed E-state index contributed by atoms with van der Waals surface area (Å²) in [6.07, 6.45) is 7.08. The van der Waals surface area contributed by atoms with E-state index in [1.54, 1.807) is 0 Å². The number of rotatable bonds is 6. The van der Waals surface area contributed by atoms with Gasteiger partial charge in [0.2, 0.25) is 5.91 Å². The predicted octanol–water partition coefficient (Wildman–Crippen LogP) is 2.87. The van der Waals surface area contributed by atoms with Crippen molar-refractivity contribution in [2.75, 3.05) is 6.54 Å². The molecule has 0 bridgehead atoms. The summed E-state index contributed by atoms with van der Waals surface area (Å²) in [5, 5.41) is 0. The Labute approximate surface area is 116 Å². The summed E-state index contributed by atoms with van der Waals surface area (Å²) in [5.74, 6) is 0.874. The predicted molar refractivity (Wildman–Crippen MR) is 79.4 cm³/mol. The molecule has 2 N–H and O–H groups in total. The molecule has 3 nitrogen and oxygen atoms in total. The van der Waals surface area contributed by atoms with Crippen LogP contribution >= 0.6 is 12.2 Å². The van der Waals surface area contributed by atoms with Crippen LogP contribution in [0.25, 0.3) is 0 Å². The van der Waals surface area contributed by atoms with Crippen LogP contribution in [0.1, 0.15) is 58.8 Å². The number of hydrogen-bond acceptors (Lipinski definition) is 2. The molecular weight excluding hydrogens is 244 g/mol. The van der Waals surface area contributed by atoms with E-state index in [2.05, 4.69) is 6.92 Å². The lowest BCUT2D eigenvalue weighted by Gasteiger charge is -2.38. The molecule has 0 saturated heterocycles. The van der Waals surface area contributed by atoms with Crippen molar-refractivity contribution >= 4 is 23.1 Å². The minimum atomic E-state index is 0.271. The van der Waals surface area contributed by atoms with Gasteiger partial charge in [-0.3, -0.25) is 4.79 Å². The van der Waals surface area contributed by atoms with Gasteiger partial charge in [0.05, 0.1) is 4.99 Å². The lowest BCUT2D eigenvalue weighted by atomic mass is 9.84. The van der Waals surface area contributed by atoms with Crippen LogP contribution in [0.5, 0.6) is 0 Å². The molecule has 1 saturated carbocycles. The highest BCUT2D eigenvalue weighted by molar-refractivity contribution is 7.80. The van der Waals surface area contributed by atoms with Crippen LogP contribution in [0, 0.1) is 5.92 Å². The highest BCUT2D eigenvalue weighted by atomic mass is 32.1. The molecule has 0 aromatic rings. The maximum atomic E-state index is 12.2. The molecule has 104 valence electrons. The van der Waals surface area contributed by atoms with Gasteiger partial charge in [0, 0.05) is 25.4 Å². The third kappa shape index (κ3) is 4.56. The van der Waals surface area contributed by atoms with Gasteiger partial charge in [-0.2, -0.15) is 0 Å². The van der Waals surface area contributed by atoms with Gasteiger partial charge in [0.1, 0.15) is 0 Å². The molecule has 2 unspecified atom stereocenters. The van der Waals surface area contributed by atoms with Gasteiger partial charge in [-0.1, -0.05) is 38.9 Å². The van der Waals surface area contributed by atoms with Gasteiger partial charge in [0.25, 0.3) is 0 Å². The summed E-state index contributed by atoms with van der Waals surface area (Å²) >= 11 is 4.94. The number of nitrogens with zero attached hydrogens (tertiary/aromatic N) is 1. The Bertz CT molecular complexity index is 294. The van der Waals surface area contributed by atoms with Crippen molar-refractivity contribution in [3.8, 4) is 0 Å². The SMILES string of the molecule is CCCC(=O)N(CCC(N)=S)C1CCCCC1C. The number of thiocarbonyl (C=S) groups is 1. The van der Waals surface area contributed by atoms with Gasteiger partial charge < -0.3 is 10.6 Å². The van der Waals surface area contributed by atoms with Crippen molar-refractivity contribution in [2.45, 2.75) is 64.8 Å². The first-order valence-electron chi connectivity index (χ1n) is 7.14. The molecule has 18 heavy (non-hydrogen) atoms. The molecule has 0 radical (unpaired) electrons. The van der Waals surface area contributed by atoms with Gasteiger partial charge in [0.15, 0.2) is 0 Å². The molecule has 0 aromatic heterocycles. The van der Waals surface area contributed by atoms with E-state index < -0.39 is 0 Å². The fraction of sp³-hybridized carbons (Fsp3) is 0.857. The molecule has 1 aliphatic rings. The monoisotopic (exact) mass is 270 g/mol. The van der Waals surface area contributed by atoms with Crippen molar-refractivity contribution < 1.29 is 4.79 Å². The molecule has 1 fully saturated rings. The van der Waals surface area contributed by atoms with E-state index in [4.69, 9.17) is 18.0 Å². The highest BCUT2D eigenvalue weighted by Crippen LogP contribution is 2.28. The maximum absolute atomic E-state index is 12.2. The second-order valence-electron chi connectivity index (χ2n) is 5.38. The molecule has 1 rings (SSSR count). The Kier molecular flexibility index (Phi) is 6.61. The van der Waals surface area contributed by atoms with Crippen LogP contribution in [-0.4, -0.2) is 28.4 Å². The quantitative estimate of drug-likeness (QED) is 0.755. The van der Waals surface area contributed by atoms with Crippen LogP contribution in [0.4, 0.5) is 0 Å². The summed E-state index contributed by atoms with van der Waals surface area (Å²) < 4.78 is 0. The van der Waals surface area contributed by atoms with E-state index in [9.17, 15) is 4.79 Å². The van der Waals surface area contributed by atoms with E-state index >= 15 is 0 Å². The first-order valence-corrected chi connectivity index (χ1v) is 7.54. The molecule has 0 aromatic carbocycles. The van der Waals surface area contributed by atoms with Crippen molar-refractivity contribution in [1.29, 1.82) is 0 Å². The average molecular weight is 270 g/mol. The summed E-state index contributed by atoms with van der Waals surface area (Å²) in [6, 6.07) is 0.396. The standard InChI is InChI=1S/C14H26N2OS/c1-3-6-14(17)16(10-9-13(15)18)12-8-5-4-7-11(12)2/h11-12H,3-10H2,1-2H3,(H2,15,18). The Morgan fingerprint density at radius 1 is 1.33 bits per heavy atom. The average Bonchev–Trinajstić information content (AvgIpc) is 2.31. The van der Waals surface area contributed by atoms with Gasteiger partial charge in [-0.25, -0.2) is 0 Å². The van der Waals surface area contributed by atoms with Gasteiger partial charge >= 0.3 is 0 Å². The molecule has 0 heterocycles. The van der Waals surface area contributed by atoms with Gasteiger partial charge in [-0.05, 0) is 25.2 Å². The third-order valence-electron chi connectivity index (χ3n) is 3.85. The highest BCUT2D eigenvalue weighted by Gasteiger charge is 2.29. The maximum Gasteiger partial charge on any atom is 0.222 e. The molecule has 0 aliphatic heterocycles. The zero-order chi connectivity index (χ0) is 13.5. The Morgan fingerprint density at radius 3 is 2.56 bits per heavy atom. The zero-order valence-corrected chi connectivity index (χ0v) is 12.5. The van der Waals surface area contributed by atoms with E-state index in [-0.39, 0.29) is 5.91 Å². The Balaban J connectivity index is 2.67. The minimum absolute atomic E-state index is 0.271. The molecule has 0 spiro atoms. The molecule has 1 amide bonds. The van der Waals surface area contributed by atoms with Crippen molar-refractivity contribution in [3.05, 3.63) is 0 Å². The van der Waals surface area contributed by atoms with Crippen LogP contribution < -0.4 is 5.73 Å². The third-order valence-corrected chi connectivity index (χ3v) is 4.05. The lowest BCUT2D eigenvalue weighted by molar-refractivity contribution is -0.135. The fourth-order valence-corrected chi connectivity index (χ4v) is 2.91. The number of hydrogen-bond donors (Lipinski definition) is 1. The minimum Gasteiger partial charge on any atom is -0.393 e. The topological polar surface area (TPSA) is 46.3 Å². The number of carbonyl (C=O) groups excluding carboxylic acids is 1. The molecule has 1 aliphatic carbocycles. The van der Waals surface area contributed by atoms with E-state index in [1.165, 1.54) is 19.3 Å². The fourth-order valence-electron chi connectivity index (χ4n) is 2.82. The van der Waals surface area contributed by atoms with Gasteiger partial charge in [-0.15, -0.1) is 0 Å². The molecular formula is C14H26N2OS. The van der Waals surface area contributed by atoms with Crippen molar-refractivity contribution in [2.24, 2.45) is 11.7 Å². The lowest BCUT2D eigenvalue weighted by Crippen LogP contribution is -2.46. The summed E-state index contributed by atoms with van der Waals surface area (Å²) in [7, 11) is 0. The Morgan fingerprint density at radius 2 is 2.00 bits per heavy atom. The first-order chi connectivity index (χ1) is 8.56. The molecule has 4 heteroatoms. The van der Waals surface area contributed by atoms with E-state index in [1.807, 2.05) is 11.8 Å². The van der Waals surface area contributed by atoms with E-state index in [0.29, 0.717) is 36.3 Å².